The molecule has 2 N–H and O–H groups in total. The molecule has 3 aliphatic heterocycles. The van der Waals surface area contributed by atoms with E-state index in [0.717, 1.165) is 19.7 Å². The number of aromatic nitrogens is 2. The Morgan fingerprint density at radius 2 is 1.18 bits per heavy atom. The molecule has 4 unspecified atom stereocenters. The number of carbonyl (C=O) groups is 2. The van der Waals surface area contributed by atoms with Crippen LogP contribution in [0.5, 0.6) is 0 Å². The molecule has 0 radical (unpaired) electrons. The molecule has 5 heterocycles. The lowest BCUT2D eigenvalue weighted by molar-refractivity contribution is 0.00578. The molecule has 322 valence electrons. The summed E-state index contributed by atoms with van der Waals surface area (Å²) < 4.78 is 24.3. The maximum atomic E-state index is 12.4. The van der Waals surface area contributed by atoms with E-state index in [2.05, 4.69) is 46.5 Å². The predicted octanol–water partition coefficient (Wildman–Crippen LogP) is 11.4. The van der Waals surface area contributed by atoms with Crippen LogP contribution in [0.4, 0.5) is 10.3 Å². The van der Waals surface area contributed by atoms with E-state index >= 15 is 0 Å². The van der Waals surface area contributed by atoms with Crippen LogP contribution >= 0.6 is 85.0 Å². The number of rotatable bonds is 6. The zero-order valence-electron chi connectivity index (χ0n) is 33.9. The third-order valence-corrected chi connectivity index (χ3v) is 13.9. The number of benzene rings is 2. The third kappa shape index (κ3) is 10.6. The summed E-state index contributed by atoms with van der Waals surface area (Å²) in [4.78, 5) is 42.0. The number of nitrogens with one attached hydrogen (secondary N) is 2. The molecule has 4 aromatic rings. The first kappa shape index (κ1) is 46.2. The van der Waals surface area contributed by atoms with Gasteiger partial charge in [0.2, 0.25) is 0 Å². The minimum Gasteiger partial charge on any atom is -0.471 e. The van der Waals surface area contributed by atoms with Crippen LogP contribution in [0, 0.1) is 0 Å². The second-order valence-electron chi connectivity index (χ2n) is 15.1. The van der Waals surface area contributed by atoms with Gasteiger partial charge in [-0.25, -0.2) is 20.0 Å². The van der Waals surface area contributed by atoms with Crippen LogP contribution in [0.2, 0.25) is 10.0 Å². The monoisotopic (exact) mass is 1020 g/mol. The number of aliphatic imine (C=N–C) groups is 2. The second-order valence-corrected chi connectivity index (χ2v) is 20.2. The first-order valence-electron chi connectivity index (χ1n) is 19.0. The first-order chi connectivity index (χ1) is 29.4. The molecule has 5 aliphatic rings. The highest BCUT2D eigenvalue weighted by molar-refractivity contribution is 9.11. The molecule has 2 aliphatic carbocycles. The van der Waals surface area contributed by atoms with Crippen LogP contribution in [0.1, 0.15) is 67.1 Å². The maximum Gasteiger partial charge on any atom is 0.496 e. The van der Waals surface area contributed by atoms with Gasteiger partial charge < -0.3 is 18.8 Å². The summed E-state index contributed by atoms with van der Waals surface area (Å²) in [7, 11) is -0.464. The van der Waals surface area contributed by atoms with Crippen LogP contribution in [-0.2, 0) is 18.8 Å². The number of ether oxygens (including phenoxy) is 2. The van der Waals surface area contributed by atoms with Crippen molar-refractivity contribution in [1.29, 1.82) is 0 Å². The van der Waals surface area contributed by atoms with Crippen molar-refractivity contribution in [1.82, 2.24) is 9.97 Å². The summed E-state index contributed by atoms with van der Waals surface area (Å²) in [6.07, 6.45) is 10.7. The highest BCUT2D eigenvalue weighted by atomic mass is 79.9. The van der Waals surface area contributed by atoms with Gasteiger partial charge in [-0.1, -0.05) is 93.3 Å². The normalized spacial score (nSPS) is 22.5. The number of fused-ring (bicyclic) bond motifs is 2. The van der Waals surface area contributed by atoms with Crippen LogP contribution in [0.25, 0.3) is 5.57 Å². The number of carbonyl (C=O) groups excluding carboxylic acids is 2. The molecular weight excluding hydrogens is 981 g/mol. The van der Waals surface area contributed by atoms with E-state index in [4.69, 9.17) is 65.2 Å². The van der Waals surface area contributed by atoms with Gasteiger partial charge in [0, 0.05) is 41.2 Å². The Bertz CT molecular complexity index is 2580. The van der Waals surface area contributed by atoms with E-state index in [1.807, 2.05) is 65.8 Å². The minimum atomic E-state index is -0.464. The number of thiazole rings is 2. The molecule has 9 rings (SSSR count). The Balaban J connectivity index is 0.000000144. The minimum absolute atomic E-state index is 0.0336. The molecule has 0 spiro atoms. The quantitative estimate of drug-likeness (QED) is 0.182. The molecule has 4 atom stereocenters. The van der Waals surface area contributed by atoms with Gasteiger partial charge in [0.25, 0.3) is 11.8 Å². The Labute approximate surface area is 395 Å². The van der Waals surface area contributed by atoms with Gasteiger partial charge in [-0.15, -0.1) is 0 Å². The van der Waals surface area contributed by atoms with Crippen molar-refractivity contribution in [2.24, 2.45) is 9.98 Å². The van der Waals surface area contributed by atoms with Crippen molar-refractivity contribution in [3.8, 4) is 0 Å². The summed E-state index contributed by atoms with van der Waals surface area (Å²) in [5, 5.41) is 8.50. The molecule has 1 fully saturated rings. The number of anilines is 2. The van der Waals surface area contributed by atoms with Gasteiger partial charge in [-0.3, -0.25) is 20.2 Å². The second kappa shape index (κ2) is 19.1. The lowest BCUT2D eigenvalue weighted by atomic mass is 9.74. The fraction of sp³-hybridized carbons (Fsp3) is 0.286. The molecule has 1 saturated heterocycles. The molecular formula is C42H38BBrCl4N6O6S2. The summed E-state index contributed by atoms with van der Waals surface area (Å²) >= 11 is 30.7. The van der Waals surface area contributed by atoms with E-state index in [0.29, 0.717) is 53.3 Å². The molecule has 2 aromatic carbocycles. The van der Waals surface area contributed by atoms with Crippen molar-refractivity contribution in [2.45, 2.75) is 77.0 Å². The molecule has 0 bridgehead atoms. The summed E-state index contributed by atoms with van der Waals surface area (Å²) in [5.74, 6) is 0.772. The average Bonchev–Trinajstić information content (AvgIpc) is 4.03. The van der Waals surface area contributed by atoms with Gasteiger partial charge >= 0.3 is 7.12 Å². The summed E-state index contributed by atoms with van der Waals surface area (Å²) in [5.41, 5.74) is 1.74. The molecule has 2 aromatic heterocycles. The van der Waals surface area contributed by atoms with E-state index in [-0.39, 0.29) is 47.3 Å². The standard InChI is InChI=1S/C18H13Cl2N3O2S.C14H19BClNO3.C10H6BrClN2OS/c1-9-22-14-7-13(20)11(6-15(14)25-9)16-8-21-18(26-16)23-17(24)10-4-2-3-5-12(10)19;1-8-17-11-7-10(16)9(6-12(11)18-8)15-19-13(2,3)14(4,5)20-15;11-8-5-13-10(16-8)14-9(15)6-3-1-2-4-7(6)12/h2-8,14-15H,1H3,(H,21,23,24);6-7,11-12H,1-5H3;1-5H,(H,13,14,15). The smallest absolute Gasteiger partial charge is 0.471 e. The zero-order valence-corrected chi connectivity index (χ0v) is 40.2. The van der Waals surface area contributed by atoms with Crippen LogP contribution in [0.15, 0.2) is 115 Å². The Morgan fingerprint density at radius 3 is 1.69 bits per heavy atom. The zero-order chi connectivity index (χ0) is 44.5. The van der Waals surface area contributed by atoms with Crippen LogP contribution in [-0.4, -0.2) is 76.2 Å². The van der Waals surface area contributed by atoms with Gasteiger partial charge in [0.05, 0.1) is 47.2 Å². The van der Waals surface area contributed by atoms with Crippen LogP contribution in [0.3, 0.4) is 0 Å². The van der Waals surface area contributed by atoms with E-state index in [1.54, 1.807) is 60.9 Å². The molecule has 62 heavy (non-hydrogen) atoms. The predicted molar refractivity (Wildman–Crippen MR) is 254 cm³/mol. The fourth-order valence-corrected chi connectivity index (χ4v) is 9.45. The summed E-state index contributed by atoms with van der Waals surface area (Å²) in [6.45, 7) is 11.8. The topological polar surface area (TPSA) is 146 Å². The van der Waals surface area contributed by atoms with Crippen molar-refractivity contribution < 1.29 is 28.4 Å². The number of hydrogen-bond acceptors (Lipinski definition) is 12. The van der Waals surface area contributed by atoms with Gasteiger partial charge in [-0.05, 0) is 92.2 Å². The Morgan fingerprint density at radius 1 is 0.694 bits per heavy atom. The third-order valence-electron chi connectivity index (χ3n) is 10.2. The number of allylic oxidation sites excluding steroid dienone is 4. The van der Waals surface area contributed by atoms with Crippen molar-refractivity contribution in [3.05, 3.63) is 131 Å². The van der Waals surface area contributed by atoms with Crippen molar-refractivity contribution in [2.75, 3.05) is 10.6 Å². The Kier molecular flexibility index (Phi) is 14.2. The lowest BCUT2D eigenvalue weighted by Crippen LogP contribution is -2.41. The number of halogens is 5. The van der Waals surface area contributed by atoms with Crippen LogP contribution < -0.4 is 10.6 Å². The largest absolute Gasteiger partial charge is 0.496 e. The first-order valence-corrected chi connectivity index (χ1v) is 23.0. The van der Waals surface area contributed by atoms with E-state index in [9.17, 15) is 9.59 Å². The maximum absolute atomic E-state index is 12.4. The van der Waals surface area contributed by atoms with Crippen molar-refractivity contribution in [3.63, 3.8) is 0 Å². The average molecular weight is 1020 g/mol. The fourth-order valence-electron chi connectivity index (χ4n) is 6.43. The van der Waals surface area contributed by atoms with Gasteiger partial charge in [0.1, 0.15) is 24.3 Å². The van der Waals surface area contributed by atoms with Gasteiger partial charge in [-0.2, -0.15) is 0 Å². The highest BCUT2D eigenvalue weighted by Crippen LogP contribution is 2.42. The molecule has 0 saturated carbocycles. The Hall–Kier alpha value is -3.84. The SMILES string of the molecule is CC1=NC2C=C(Cl)C(B3OC(C)(C)C(C)(C)O3)=CC2O1.CC1=NC2C=C(Cl)C(c3cnc(NC(=O)c4ccccc4Cl)s3)=CC2O1.O=C(Nc1ncc(Br)s1)c1ccccc1Cl. The summed E-state index contributed by atoms with van der Waals surface area (Å²) in [6, 6.07) is 13.6. The van der Waals surface area contributed by atoms with Gasteiger partial charge in [0.15, 0.2) is 22.1 Å². The molecule has 12 nitrogen and oxygen atoms in total. The van der Waals surface area contributed by atoms with E-state index < -0.39 is 7.12 Å². The van der Waals surface area contributed by atoms with Crippen molar-refractivity contribution >= 4 is 132 Å². The lowest BCUT2D eigenvalue weighted by Gasteiger charge is -2.32. The number of amides is 2. The molecule has 20 heteroatoms. The molecule has 2 amide bonds. The number of nitrogens with zero attached hydrogens (tertiary/aromatic N) is 4. The van der Waals surface area contributed by atoms with E-state index in [1.165, 1.54) is 22.7 Å². The number of hydrogen-bond donors (Lipinski definition) is 2. The highest BCUT2D eigenvalue weighted by Gasteiger charge is 2.53.